The van der Waals surface area contributed by atoms with Gasteiger partial charge in [0.2, 0.25) is 0 Å². The van der Waals surface area contributed by atoms with Crippen molar-refractivity contribution in [3.63, 3.8) is 0 Å². The van der Waals surface area contributed by atoms with Crippen LogP contribution in [0.15, 0.2) is 15.2 Å². The van der Waals surface area contributed by atoms with Crippen LogP contribution in [0.3, 0.4) is 0 Å². The number of rotatable bonds is 9. The van der Waals surface area contributed by atoms with Crippen molar-refractivity contribution in [1.29, 1.82) is 0 Å². The highest BCUT2D eigenvalue weighted by atomic mass is 79.9. The van der Waals surface area contributed by atoms with Crippen LogP contribution in [0.1, 0.15) is 48.7 Å². The summed E-state index contributed by atoms with van der Waals surface area (Å²) < 4.78 is 11.6. The van der Waals surface area contributed by atoms with Crippen molar-refractivity contribution >= 4 is 21.8 Å². The van der Waals surface area contributed by atoms with Gasteiger partial charge in [-0.05, 0) is 35.3 Å². The molecule has 1 aromatic heterocycles. The van der Waals surface area contributed by atoms with Crippen molar-refractivity contribution in [1.82, 2.24) is 9.80 Å². The van der Waals surface area contributed by atoms with Crippen LogP contribution in [0.4, 0.5) is 0 Å². The lowest BCUT2D eigenvalue weighted by molar-refractivity contribution is 0.0320. The summed E-state index contributed by atoms with van der Waals surface area (Å²) in [4.78, 5) is 17.2. The van der Waals surface area contributed by atoms with Crippen LogP contribution in [-0.4, -0.2) is 61.6 Å². The molecule has 0 radical (unpaired) electrons. The van der Waals surface area contributed by atoms with Crippen molar-refractivity contribution in [2.45, 2.75) is 39.5 Å². The third-order valence-corrected chi connectivity index (χ3v) is 4.83. The molecule has 0 N–H and O–H groups in total. The molecule has 1 aromatic rings. The fraction of sp³-hybridized carbons (Fsp3) is 0.722. The van der Waals surface area contributed by atoms with E-state index in [0.29, 0.717) is 10.4 Å². The smallest absolute Gasteiger partial charge is 0.289 e. The maximum Gasteiger partial charge on any atom is 0.289 e. The number of furan rings is 1. The maximum absolute atomic E-state index is 12.9. The van der Waals surface area contributed by atoms with Crippen LogP contribution < -0.4 is 0 Å². The Morgan fingerprint density at radius 3 is 2.62 bits per heavy atom. The van der Waals surface area contributed by atoms with Gasteiger partial charge in [-0.25, -0.2) is 0 Å². The van der Waals surface area contributed by atoms with Crippen LogP contribution >= 0.6 is 15.9 Å². The van der Waals surface area contributed by atoms with Crippen LogP contribution in [-0.2, 0) is 4.74 Å². The summed E-state index contributed by atoms with van der Waals surface area (Å²) in [5.74, 6) is 0.460. The van der Waals surface area contributed by atoms with E-state index in [4.69, 9.17) is 9.15 Å². The average molecular weight is 401 g/mol. The summed E-state index contributed by atoms with van der Waals surface area (Å²) in [6, 6.07) is 1.85. The van der Waals surface area contributed by atoms with Crippen molar-refractivity contribution in [3.05, 3.63) is 22.1 Å². The molecule has 6 heteroatoms. The number of halogens is 1. The highest BCUT2D eigenvalue weighted by Gasteiger charge is 2.22. The third kappa shape index (κ3) is 5.90. The molecule has 136 valence electrons. The highest BCUT2D eigenvalue weighted by Crippen LogP contribution is 2.21. The van der Waals surface area contributed by atoms with Gasteiger partial charge in [-0.15, -0.1) is 0 Å². The number of carbonyl (C=O) groups is 1. The van der Waals surface area contributed by atoms with Crippen LogP contribution in [0.5, 0.6) is 0 Å². The molecule has 0 bridgehead atoms. The van der Waals surface area contributed by atoms with Gasteiger partial charge in [-0.2, -0.15) is 0 Å². The molecule has 1 aliphatic rings. The minimum Gasteiger partial charge on any atom is -0.444 e. The summed E-state index contributed by atoms with van der Waals surface area (Å²) in [5.41, 5.74) is 0.886. The normalized spacial score (nSPS) is 15.6. The van der Waals surface area contributed by atoms with E-state index < -0.39 is 0 Å². The molecule has 0 atom stereocenters. The van der Waals surface area contributed by atoms with Gasteiger partial charge < -0.3 is 14.1 Å². The van der Waals surface area contributed by atoms with Crippen LogP contribution in [0.25, 0.3) is 0 Å². The molecule has 2 rings (SSSR count). The Balaban J connectivity index is 1.95. The lowest BCUT2D eigenvalue weighted by atomic mass is 10.2. The first-order chi connectivity index (χ1) is 11.6. The van der Waals surface area contributed by atoms with Gasteiger partial charge in [0.1, 0.15) is 0 Å². The molecule has 0 aliphatic carbocycles. The molecule has 0 spiro atoms. The number of carbonyl (C=O) groups excluding carboxylic acids is 1. The lowest BCUT2D eigenvalue weighted by Crippen LogP contribution is -2.43. The van der Waals surface area contributed by atoms with Crippen molar-refractivity contribution < 1.29 is 13.9 Å². The molecule has 0 unspecified atom stereocenters. The number of morpholine rings is 1. The number of hydrogen-bond acceptors (Lipinski definition) is 4. The van der Waals surface area contributed by atoms with E-state index in [1.165, 1.54) is 19.3 Å². The van der Waals surface area contributed by atoms with E-state index >= 15 is 0 Å². The standard InChI is InChI=1S/C18H29BrN2O3/c1-3-4-5-6-7-21(9-8-20-10-12-23-13-11-20)18(22)17-15(2)14-16(19)24-17/h14H,3-13H2,1-2H3. The Morgan fingerprint density at radius 2 is 2.00 bits per heavy atom. The fourth-order valence-electron chi connectivity index (χ4n) is 2.93. The summed E-state index contributed by atoms with van der Waals surface area (Å²) in [6.45, 7) is 10.0. The van der Waals surface area contributed by atoms with Gasteiger partial charge in [0.15, 0.2) is 10.4 Å². The van der Waals surface area contributed by atoms with Gasteiger partial charge in [0.05, 0.1) is 13.2 Å². The molecular weight excluding hydrogens is 372 g/mol. The summed E-state index contributed by atoms with van der Waals surface area (Å²) in [5, 5.41) is 0. The SMILES string of the molecule is CCCCCCN(CCN1CCOCC1)C(=O)c1oc(Br)cc1C. The molecule has 0 aromatic carbocycles. The number of amides is 1. The lowest BCUT2D eigenvalue weighted by Gasteiger charge is -2.30. The molecule has 1 aliphatic heterocycles. The van der Waals surface area contributed by atoms with Gasteiger partial charge in [0, 0.05) is 38.3 Å². The van der Waals surface area contributed by atoms with E-state index in [1.807, 2.05) is 17.9 Å². The predicted octanol–water partition coefficient (Wildman–Crippen LogP) is 3.71. The minimum atomic E-state index is 0.00274. The predicted molar refractivity (Wildman–Crippen MR) is 98.4 cm³/mol. The molecule has 24 heavy (non-hydrogen) atoms. The maximum atomic E-state index is 12.9. The van der Waals surface area contributed by atoms with Gasteiger partial charge in [0.25, 0.3) is 5.91 Å². The number of unbranched alkanes of at least 4 members (excludes halogenated alkanes) is 3. The number of hydrogen-bond donors (Lipinski definition) is 0. The van der Waals surface area contributed by atoms with Crippen molar-refractivity contribution in [2.24, 2.45) is 0 Å². The average Bonchev–Trinajstić information content (AvgIpc) is 2.93. The Hall–Kier alpha value is -0.850. The molecule has 1 fully saturated rings. The Labute approximate surface area is 153 Å². The number of aryl methyl sites for hydroxylation is 1. The zero-order valence-corrected chi connectivity index (χ0v) is 16.4. The topological polar surface area (TPSA) is 45.9 Å². The molecule has 1 saturated heterocycles. The first kappa shape index (κ1) is 19.5. The van der Waals surface area contributed by atoms with Crippen LogP contribution in [0, 0.1) is 6.92 Å². The monoisotopic (exact) mass is 400 g/mol. The van der Waals surface area contributed by atoms with E-state index in [2.05, 4.69) is 27.8 Å². The minimum absolute atomic E-state index is 0.00274. The highest BCUT2D eigenvalue weighted by molar-refractivity contribution is 9.10. The first-order valence-corrected chi connectivity index (χ1v) is 9.76. The second-order valence-corrected chi connectivity index (χ2v) is 7.15. The third-order valence-electron chi connectivity index (χ3n) is 4.44. The largest absolute Gasteiger partial charge is 0.444 e. The second kappa shape index (κ2) is 10.2. The van der Waals surface area contributed by atoms with Crippen LogP contribution in [0.2, 0.25) is 0 Å². The molecule has 1 amide bonds. The van der Waals surface area contributed by atoms with Crippen molar-refractivity contribution in [3.8, 4) is 0 Å². The summed E-state index contributed by atoms with van der Waals surface area (Å²) in [7, 11) is 0. The van der Waals surface area contributed by atoms with E-state index in [0.717, 1.165) is 57.9 Å². The first-order valence-electron chi connectivity index (χ1n) is 8.97. The fourth-order valence-corrected chi connectivity index (χ4v) is 3.44. The van der Waals surface area contributed by atoms with Gasteiger partial charge in [-0.1, -0.05) is 26.2 Å². The molecular formula is C18H29BrN2O3. The zero-order chi connectivity index (χ0) is 17.4. The Morgan fingerprint density at radius 1 is 1.25 bits per heavy atom. The van der Waals surface area contributed by atoms with Gasteiger partial charge in [-0.3, -0.25) is 9.69 Å². The quantitative estimate of drug-likeness (QED) is 0.592. The Kier molecular flexibility index (Phi) is 8.29. The van der Waals surface area contributed by atoms with E-state index in [1.54, 1.807) is 0 Å². The number of nitrogens with zero attached hydrogens (tertiary/aromatic N) is 2. The Bertz CT molecular complexity index is 512. The summed E-state index contributed by atoms with van der Waals surface area (Å²) >= 11 is 3.32. The van der Waals surface area contributed by atoms with E-state index in [9.17, 15) is 4.79 Å². The molecule has 5 nitrogen and oxygen atoms in total. The summed E-state index contributed by atoms with van der Waals surface area (Å²) in [6.07, 6.45) is 4.63. The second-order valence-electron chi connectivity index (χ2n) is 6.37. The molecule has 0 saturated carbocycles. The van der Waals surface area contributed by atoms with Gasteiger partial charge >= 0.3 is 0 Å². The van der Waals surface area contributed by atoms with Crippen molar-refractivity contribution in [2.75, 3.05) is 45.9 Å². The number of ether oxygens (including phenoxy) is 1. The van der Waals surface area contributed by atoms with E-state index in [-0.39, 0.29) is 5.91 Å². The molecule has 2 heterocycles. The zero-order valence-electron chi connectivity index (χ0n) is 14.9.